The van der Waals surface area contributed by atoms with Crippen LogP contribution in [-0.4, -0.2) is 73.1 Å². The van der Waals surface area contributed by atoms with Gasteiger partial charge in [-0.2, -0.15) is 0 Å². The van der Waals surface area contributed by atoms with Crippen LogP contribution in [0.25, 0.3) is 0 Å². The molecule has 2 fully saturated rings. The van der Waals surface area contributed by atoms with Crippen LogP contribution in [0.5, 0.6) is 0 Å². The molecule has 7 heteroatoms. The van der Waals surface area contributed by atoms with E-state index < -0.39 is 0 Å². The average molecular weight is 334 g/mol. The zero-order valence-electron chi connectivity index (χ0n) is 13.7. The van der Waals surface area contributed by atoms with Crippen LogP contribution in [0.1, 0.15) is 27.2 Å². The van der Waals surface area contributed by atoms with E-state index in [2.05, 4.69) is 5.32 Å². The minimum atomic E-state index is -0.258. The summed E-state index contributed by atoms with van der Waals surface area (Å²) in [6, 6.07) is -0.258. The first-order valence-electron chi connectivity index (χ1n) is 7.93. The number of hydrogen-bond donors (Lipinski definition) is 1. The van der Waals surface area contributed by atoms with Crippen molar-refractivity contribution >= 4 is 24.2 Å². The average Bonchev–Trinajstić information content (AvgIpc) is 2.72. The van der Waals surface area contributed by atoms with E-state index in [1.165, 1.54) is 0 Å². The molecular formula is C15H28ClN3O3. The third-order valence-electron chi connectivity index (χ3n) is 4.20. The first kappa shape index (κ1) is 19.2. The Morgan fingerprint density at radius 3 is 2.41 bits per heavy atom. The van der Waals surface area contributed by atoms with Crippen LogP contribution in [-0.2, 0) is 14.3 Å². The van der Waals surface area contributed by atoms with Gasteiger partial charge in [-0.1, -0.05) is 13.8 Å². The fraction of sp³-hybridized carbons (Fsp3) is 0.867. The van der Waals surface area contributed by atoms with Crippen LogP contribution in [0.3, 0.4) is 0 Å². The lowest BCUT2D eigenvalue weighted by molar-refractivity contribution is -0.140. The third kappa shape index (κ3) is 4.57. The molecule has 0 radical (unpaired) electrons. The van der Waals surface area contributed by atoms with Gasteiger partial charge < -0.3 is 19.9 Å². The minimum Gasteiger partial charge on any atom is -0.375 e. The second-order valence-corrected chi connectivity index (χ2v) is 6.17. The molecule has 2 aliphatic rings. The molecule has 0 aromatic carbocycles. The van der Waals surface area contributed by atoms with Gasteiger partial charge in [0.05, 0.1) is 12.7 Å². The Kier molecular flexibility index (Phi) is 7.59. The Hall–Kier alpha value is -0.850. The summed E-state index contributed by atoms with van der Waals surface area (Å²) in [5.74, 6) is 0.290. The van der Waals surface area contributed by atoms with E-state index in [0.29, 0.717) is 32.8 Å². The normalized spacial score (nSPS) is 26.4. The Bertz CT molecular complexity index is 392. The van der Waals surface area contributed by atoms with E-state index in [1.54, 1.807) is 0 Å². The Morgan fingerprint density at radius 1 is 1.14 bits per heavy atom. The summed E-state index contributed by atoms with van der Waals surface area (Å²) in [5, 5.41) is 3.24. The molecule has 0 unspecified atom stereocenters. The van der Waals surface area contributed by atoms with Gasteiger partial charge in [-0.3, -0.25) is 9.59 Å². The number of amides is 2. The molecule has 0 spiro atoms. The summed E-state index contributed by atoms with van der Waals surface area (Å²) in [6.45, 7) is 9.83. The van der Waals surface area contributed by atoms with Gasteiger partial charge >= 0.3 is 0 Å². The summed E-state index contributed by atoms with van der Waals surface area (Å²) in [4.78, 5) is 28.4. The van der Waals surface area contributed by atoms with Crippen LogP contribution in [0.2, 0.25) is 0 Å². The summed E-state index contributed by atoms with van der Waals surface area (Å²) in [6.07, 6.45) is 0.745. The lowest BCUT2D eigenvalue weighted by Gasteiger charge is -2.33. The number of halogens is 1. The lowest BCUT2D eigenvalue weighted by Crippen LogP contribution is -2.57. The second kappa shape index (κ2) is 8.70. The fourth-order valence-electron chi connectivity index (χ4n) is 2.93. The van der Waals surface area contributed by atoms with Gasteiger partial charge in [-0.05, 0) is 13.3 Å². The van der Waals surface area contributed by atoms with Gasteiger partial charge in [0.2, 0.25) is 11.8 Å². The molecule has 128 valence electrons. The molecular weight excluding hydrogens is 306 g/mol. The van der Waals surface area contributed by atoms with Crippen molar-refractivity contribution in [2.24, 2.45) is 5.92 Å². The van der Waals surface area contributed by atoms with Crippen molar-refractivity contribution in [3.05, 3.63) is 0 Å². The quantitative estimate of drug-likeness (QED) is 0.799. The number of rotatable bonds is 2. The van der Waals surface area contributed by atoms with Crippen molar-refractivity contribution in [3.8, 4) is 0 Å². The first-order valence-corrected chi connectivity index (χ1v) is 7.93. The smallest absolute Gasteiger partial charge is 0.242 e. The van der Waals surface area contributed by atoms with Crippen molar-refractivity contribution in [3.63, 3.8) is 0 Å². The first-order chi connectivity index (χ1) is 10.0. The molecule has 22 heavy (non-hydrogen) atoms. The van der Waals surface area contributed by atoms with E-state index >= 15 is 0 Å². The predicted molar refractivity (Wildman–Crippen MR) is 87.1 cm³/mol. The molecule has 0 saturated carbocycles. The van der Waals surface area contributed by atoms with Crippen LogP contribution in [0, 0.1) is 5.92 Å². The van der Waals surface area contributed by atoms with Crippen molar-refractivity contribution in [1.29, 1.82) is 0 Å². The number of nitrogens with zero attached hydrogens (tertiary/aromatic N) is 2. The highest BCUT2D eigenvalue weighted by atomic mass is 35.5. The summed E-state index contributed by atoms with van der Waals surface area (Å²) in [7, 11) is 0. The zero-order chi connectivity index (χ0) is 15.4. The largest absolute Gasteiger partial charge is 0.375 e. The molecule has 6 nitrogen and oxygen atoms in total. The number of ether oxygens (including phenoxy) is 1. The maximum atomic E-state index is 12.6. The number of nitrogens with one attached hydrogen (secondary N) is 1. The Morgan fingerprint density at radius 2 is 1.77 bits per heavy atom. The highest BCUT2D eigenvalue weighted by molar-refractivity contribution is 5.85. The molecule has 0 aliphatic carbocycles. The van der Waals surface area contributed by atoms with E-state index in [9.17, 15) is 9.59 Å². The van der Waals surface area contributed by atoms with Crippen LogP contribution in [0.15, 0.2) is 0 Å². The van der Waals surface area contributed by atoms with Gasteiger partial charge in [0, 0.05) is 38.6 Å². The molecule has 2 heterocycles. The number of carbonyl (C=O) groups excluding carboxylic acids is 2. The molecule has 2 saturated heterocycles. The van der Waals surface area contributed by atoms with Crippen molar-refractivity contribution in [2.45, 2.75) is 39.3 Å². The van der Waals surface area contributed by atoms with Crippen LogP contribution in [0.4, 0.5) is 0 Å². The number of hydrogen-bond acceptors (Lipinski definition) is 4. The fourth-order valence-corrected chi connectivity index (χ4v) is 2.93. The zero-order valence-corrected chi connectivity index (χ0v) is 14.5. The van der Waals surface area contributed by atoms with E-state index in [4.69, 9.17) is 4.74 Å². The maximum absolute atomic E-state index is 12.6. The van der Waals surface area contributed by atoms with E-state index in [0.717, 1.165) is 13.0 Å². The van der Waals surface area contributed by atoms with Gasteiger partial charge in [0.15, 0.2) is 0 Å². The molecule has 0 aromatic rings. The molecule has 0 bridgehead atoms. The monoisotopic (exact) mass is 333 g/mol. The molecule has 0 aromatic heterocycles. The van der Waals surface area contributed by atoms with Crippen LogP contribution >= 0.6 is 12.4 Å². The van der Waals surface area contributed by atoms with Crippen molar-refractivity contribution < 1.29 is 14.3 Å². The minimum absolute atomic E-state index is 0. The van der Waals surface area contributed by atoms with Gasteiger partial charge in [-0.15, -0.1) is 12.4 Å². The van der Waals surface area contributed by atoms with Gasteiger partial charge in [-0.25, -0.2) is 0 Å². The SMILES string of the molecule is CC(C)C(=O)N1CCCN(C(=O)[C@H]2NCCO[C@@H]2C)CC1.Cl. The standard InChI is InChI=1S/C15H27N3O3.ClH/c1-11(2)14(19)17-6-4-7-18(9-8-17)15(20)13-12(3)21-10-5-16-13;/h11-13,16H,4-10H2,1-3H3;1H/t12-,13+;/m1./s1. The topological polar surface area (TPSA) is 61.9 Å². The second-order valence-electron chi connectivity index (χ2n) is 6.17. The Labute approximate surface area is 138 Å². The Balaban J connectivity index is 0.00000242. The lowest BCUT2D eigenvalue weighted by atomic mass is 10.1. The predicted octanol–water partition coefficient (Wildman–Crippen LogP) is 0.502. The molecule has 2 rings (SSSR count). The summed E-state index contributed by atoms with van der Waals surface area (Å²) < 4.78 is 5.55. The summed E-state index contributed by atoms with van der Waals surface area (Å²) in [5.41, 5.74) is 0. The molecule has 2 amide bonds. The van der Waals surface area contributed by atoms with Crippen LogP contribution < -0.4 is 5.32 Å². The van der Waals surface area contributed by atoms with E-state index in [-0.39, 0.29) is 42.3 Å². The highest BCUT2D eigenvalue weighted by Crippen LogP contribution is 2.12. The highest BCUT2D eigenvalue weighted by Gasteiger charge is 2.33. The number of carbonyl (C=O) groups is 2. The van der Waals surface area contributed by atoms with Gasteiger partial charge in [0.25, 0.3) is 0 Å². The summed E-state index contributed by atoms with van der Waals surface area (Å²) >= 11 is 0. The third-order valence-corrected chi connectivity index (χ3v) is 4.20. The maximum Gasteiger partial charge on any atom is 0.242 e. The molecule has 1 N–H and O–H groups in total. The van der Waals surface area contributed by atoms with Gasteiger partial charge in [0.1, 0.15) is 6.04 Å². The number of morpholine rings is 1. The van der Waals surface area contributed by atoms with E-state index in [1.807, 2.05) is 30.6 Å². The van der Waals surface area contributed by atoms with Crippen molar-refractivity contribution in [2.75, 3.05) is 39.3 Å². The molecule has 2 atom stereocenters. The molecule has 2 aliphatic heterocycles. The van der Waals surface area contributed by atoms with Crippen molar-refractivity contribution in [1.82, 2.24) is 15.1 Å².